The van der Waals surface area contributed by atoms with Gasteiger partial charge >= 0.3 is 6.43 Å². The van der Waals surface area contributed by atoms with Crippen molar-refractivity contribution < 1.29 is 23.0 Å². The molecular formula is C14H14ClF3N2O2. The number of hydrogen-bond donors (Lipinski definition) is 1. The fraction of sp³-hybridized carbons (Fsp3) is 0.429. The van der Waals surface area contributed by atoms with Gasteiger partial charge in [0.2, 0.25) is 5.88 Å². The van der Waals surface area contributed by atoms with Crippen molar-refractivity contribution in [2.45, 2.75) is 38.7 Å². The third-order valence-corrected chi connectivity index (χ3v) is 3.60. The summed E-state index contributed by atoms with van der Waals surface area (Å²) in [5.41, 5.74) is -0.791. The summed E-state index contributed by atoms with van der Waals surface area (Å²) in [6, 6.07) is 1.44. The molecule has 0 bridgehead atoms. The lowest BCUT2D eigenvalue weighted by atomic mass is 9.91. The first kappa shape index (κ1) is 16.8. The van der Waals surface area contributed by atoms with Gasteiger partial charge in [-0.15, -0.1) is 0 Å². The van der Waals surface area contributed by atoms with E-state index in [1.165, 1.54) is 18.5 Å². The van der Waals surface area contributed by atoms with E-state index < -0.39 is 18.4 Å². The first-order valence-electron chi connectivity index (χ1n) is 6.52. The summed E-state index contributed by atoms with van der Waals surface area (Å²) >= 11 is 5.84. The number of nitrogens with zero attached hydrogens (tertiary/aromatic N) is 2. The molecule has 0 aliphatic carbocycles. The van der Waals surface area contributed by atoms with Gasteiger partial charge in [0, 0.05) is 18.0 Å². The Balaban J connectivity index is 2.61. The lowest BCUT2D eigenvalue weighted by Crippen LogP contribution is -2.22. The van der Waals surface area contributed by atoms with Crippen LogP contribution in [0.3, 0.4) is 0 Å². The van der Waals surface area contributed by atoms with Gasteiger partial charge in [0.05, 0.1) is 11.0 Å². The van der Waals surface area contributed by atoms with Gasteiger partial charge in [0.1, 0.15) is 5.15 Å². The molecule has 22 heavy (non-hydrogen) atoms. The summed E-state index contributed by atoms with van der Waals surface area (Å²) < 4.78 is 42.2. The van der Waals surface area contributed by atoms with E-state index in [0.29, 0.717) is 17.4 Å². The van der Waals surface area contributed by atoms with E-state index in [1.807, 2.05) is 0 Å². The normalized spacial score (nSPS) is 15.8. The molecule has 0 saturated carbocycles. The van der Waals surface area contributed by atoms with Crippen molar-refractivity contribution >= 4 is 22.4 Å². The number of halogens is 4. The van der Waals surface area contributed by atoms with Crippen molar-refractivity contribution in [1.29, 1.82) is 0 Å². The van der Waals surface area contributed by atoms with Crippen molar-refractivity contribution in [3.63, 3.8) is 0 Å². The standard InChI is InChI=1S/C14H14ClF3N2O2/c1-3-14(2,21)9-6-20-13(22-12(18)11(16)17)8-5-19-10(15)4-7(8)9/h4-6,11-12,21H,3H2,1-2H3. The quantitative estimate of drug-likeness (QED) is 0.844. The topological polar surface area (TPSA) is 55.2 Å². The van der Waals surface area contributed by atoms with Gasteiger partial charge in [-0.3, -0.25) is 0 Å². The SMILES string of the molecule is CCC(C)(O)c1cnc(OC(F)C(F)F)c2cnc(Cl)cc12. The maximum absolute atomic E-state index is 13.1. The van der Waals surface area contributed by atoms with Crippen LogP contribution in [0.1, 0.15) is 25.8 Å². The van der Waals surface area contributed by atoms with E-state index in [9.17, 15) is 18.3 Å². The van der Waals surface area contributed by atoms with Crippen molar-refractivity contribution in [3.8, 4) is 5.88 Å². The maximum Gasteiger partial charge on any atom is 0.304 e. The summed E-state index contributed by atoms with van der Waals surface area (Å²) in [6.45, 7) is 3.35. The number of alkyl halides is 3. The van der Waals surface area contributed by atoms with E-state index >= 15 is 0 Å². The summed E-state index contributed by atoms with van der Waals surface area (Å²) in [5, 5.41) is 11.2. The fourth-order valence-corrected chi connectivity index (χ4v) is 2.11. The number of aromatic nitrogens is 2. The molecule has 2 rings (SSSR count). The minimum absolute atomic E-state index is 0.142. The minimum Gasteiger partial charge on any atom is -0.436 e. The molecule has 0 fully saturated rings. The van der Waals surface area contributed by atoms with Crippen molar-refractivity contribution in [2.24, 2.45) is 0 Å². The third kappa shape index (κ3) is 3.25. The summed E-state index contributed by atoms with van der Waals surface area (Å²) in [7, 11) is 0. The van der Waals surface area contributed by atoms with Crippen molar-refractivity contribution in [2.75, 3.05) is 0 Å². The van der Waals surface area contributed by atoms with E-state index in [-0.39, 0.29) is 16.4 Å². The molecular weight excluding hydrogens is 321 g/mol. The van der Waals surface area contributed by atoms with E-state index in [2.05, 4.69) is 14.7 Å². The Hall–Kier alpha value is -1.60. The van der Waals surface area contributed by atoms with Gasteiger partial charge in [-0.05, 0) is 24.8 Å². The van der Waals surface area contributed by atoms with Crippen LogP contribution in [0.15, 0.2) is 18.5 Å². The van der Waals surface area contributed by atoms with Crippen LogP contribution in [0, 0.1) is 0 Å². The highest BCUT2D eigenvalue weighted by molar-refractivity contribution is 6.30. The molecule has 0 spiro atoms. The highest BCUT2D eigenvalue weighted by atomic mass is 35.5. The number of hydrogen-bond acceptors (Lipinski definition) is 4. The lowest BCUT2D eigenvalue weighted by molar-refractivity contribution is -0.0682. The molecule has 2 unspecified atom stereocenters. The van der Waals surface area contributed by atoms with Crippen LogP contribution in [0.25, 0.3) is 10.8 Å². The summed E-state index contributed by atoms with van der Waals surface area (Å²) in [5.74, 6) is -0.331. The van der Waals surface area contributed by atoms with Crippen molar-refractivity contribution in [1.82, 2.24) is 9.97 Å². The van der Waals surface area contributed by atoms with Crippen LogP contribution < -0.4 is 4.74 Å². The number of fused-ring (bicyclic) bond motifs is 1. The molecule has 2 aromatic rings. The van der Waals surface area contributed by atoms with E-state index in [4.69, 9.17) is 11.6 Å². The molecule has 4 nitrogen and oxygen atoms in total. The fourth-order valence-electron chi connectivity index (χ4n) is 1.96. The Kier molecular flexibility index (Phi) is 4.77. The van der Waals surface area contributed by atoms with Gasteiger partial charge in [-0.1, -0.05) is 18.5 Å². The van der Waals surface area contributed by atoms with Crippen LogP contribution in [-0.2, 0) is 5.60 Å². The second kappa shape index (κ2) is 6.26. The summed E-state index contributed by atoms with van der Waals surface area (Å²) in [4.78, 5) is 7.66. The minimum atomic E-state index is -3.30. The van der Waals surface area contributed by atoms with Gasteiger partial charge < -0.3 is 9.84 Å². The molecule has 1 N–H and O–H groups in total. The first-order valence-corrected chi connectivity index (χ1v) is 6.90. The van der Waals surface area contributed by atoms with Crippen LogP contribution >= 0.6 is 11.6 Å². The zero-order valence-electron chi connectivity index (χ0n) is 11.9. The van der Waals surface area contributed by atoms with Crippen LogP contribution in [0.4, 0.5) is 13.2 Å². The Morgan fingerprint density at radius 3 is 2.55 bits per heavy atom. The molecule has 0 amide bonds. The Labute approximate surface area is 129 Å². The molecule has 0 radical (unpaired) electrons. The first-order chi connectivity index (χ1) is 10.3. The average Bonchev–Trinajstić information content (AvgIpc) is 2.46. The molecule has 0 aromatic carbocycles. The highest BCUT2D eigenvalue weighted by Gasteiger charge is 2.27. The van der Waals surface area contributed by atoms with E-state index in [0.717, 1.165) is 0 Å². The zero-order chi connectivity index (χ0) is 16.5. The second-order valence-electron chi connectivity index (χ2n) is 4.96. The predicted molar refractivity (Wildman–Crippen MR) is 75.9 cm³/mol. The Morgan fingerprint density at radius 1 is 1.27 bits per heavy atom. The third-order valence-electron chi connectivity index (χ3n) is 3.39. The zero-order valence-corrected chi connectivity index (χ0v) is 12.6. The molecule has 0 aliphatic heterocycles. The smallest absolute Gasteiger partial charge is 0.304 e. The van der Waals surface area contributed by atoms with Crippen LogP contribution in [0.5, 0.6) is 5.88 Å². The molecule has 2 heterocycles. The number of rotatable bonds is 5. The van der Waals surface area contributed by atoms with Crippen LogP contribution in [0.2, 0.25) is 5.15 Å². The van der Waals surface area contributed by atoms with E-state index in [1.54, 1.807) is 13.8 Å². The van der Waals surface area contributed by atoms with Gasteiger partial charge in [0.15, 0.2) is 0 Å². The molecule has 2 atom stereocenters. The van der Waals surface area contributed by atoms with Crippen molar-refractivity contribution in [3.05, 3.63) is 29.2 Å². The highest BCUT2D eigenvalue weighted by Crippen LogP contribution is 2.35. The molecule has 0 saturated heterocycles. The maximum atomic E-state index is 13.1. The Bertz CT molecular complexity index is 682. The van der Waals surface area contributed by atoms with Gasteiger partial charge in [-0.25, -0.2) is 18.7 Å². The van der Waals surface area contributed by atoms with Gasteiger partial charge in [0.25, 0.3) is 6.36 Å². The molecule has 120 valence electrons. The molecule has 2 aromatic heterocycles. The molecule has 8 heteroatoms. The summed E-state index contributed by atoms with van der Waals surface area (Å²) in [6.07, 6.45) is -3.21. The number of aliphatic hydroxyl groups is 1. The molecule has 0 aliphatic rings. The largest absolute Gasteiger partial charge is 0.436 e. The second-order valence-corrected chi connectivity index (χ2v) is 5.35. The predicted octanol–water partition coefficient (Wildman–Crippen LogP) is 3.84. The average molecular weight is 335 g/mol. The monoisotopic (exact) mass is 334 g/mol. The number of pyridine rings is 2. The Morgan fingerprint density at radius 2 is 1.95 bits per heavy atom. The number of ether oxygens (including phenoxy) is 1. The lowest BCUT2D eigenvalue weighted by Gasteiger charge is -2.24. The van der Waals surface area contributed by atoms with Gasteiger partial charge in [-0.2, -0.15) is 4.39 Å². The van der Waals surface area contributed by atoms with Crippen LogP contribution in [-0.4, -0.2) is 27.9 Å².